The van der Waals surface area contributed by atoms with E-state index in [0.29, 0.717) is 51.1 Å². The summed E-state index contributed by atoms with van der Waals surface area (Å²) in [4.78, 5) is 17.4. The molecule has 0 aliphatic carbocycles. The van der Waals surface area contributed by atoms with Crippen molar-refractivity contribution >= 4 is 66.6 Å². The van der Waals surface area contributed by atoms with Crippen LogP contribution in [0.4, 0.5) is 22.7 Å². The maximum absolute atomic E-state index is 13.1. The number of phenolic OH excluding ortho intramolecular Hbond substituents is 1. The van der Waals surface area contributed by atoms with Crippen molar-refractivity contribution in [1.82, 2.24) is 14.8 Å². The van der Waals surface area contributed by atoms with Crippen LogP contribution in [0.5, 0.6) is 5.75 Å². The number of nitrogens with zero attached hydrogens (tertiary/aromatic N) is 6. The minimum atomic E-state index is -4.39. The van der Waals surface area contributed by atoms with Crippen molar-refractivity contribution in [2.45, 2.75) is 16.7 Å². The summed E-state index contributed by atoms with van der Waals surface area (Å²) in [5, 5.41) is 45.2. The minimum Gasteiger partial charge on any atom is -0.505 e. The van der Waals surface area contributed by atoms with Gasteiger partial charge in [0.05, 0.1) is 44.4 Å². The Labute approximate surface area is 263 Å². The molecule has 0 unspecified atom stereocenters. The molecule has 15 nitrogen and oxygen atoms in total. The monoisotopic (exact) mass is 659 g/mol. The molecular weight excluding hydrogens is 638 g/mol. The molecule has 0 atom stereocenters. The summed E-state index contributed by atoms with van der Waals surface area (Å²) in [6.45, 7) is 1.62. The molecule has 0 bridgehead atoms. The van der Waals surface area contributed by atoms with Crippen molar-refractivity contribution in [3.63, 3.8) is 0 Å². The number of para-hydroxylation sites is 1. The van der Waals surface area contributed by atoms with Gasteiger partial charge in [-0.1, -0.05) is 29.3 Å². The second-order valence-electron chi connectivity index (χ2n) is 9.65. The van der Waals surface area contributed by atoms with Gasteiger partial charge in [-0.25, -0.2) is 9.94 Å². The molecule has 0 spiro atoms. The number of aromatic hydroxyl groups is 1. The Morgan fingerprint density at radius 2 is 1.67 bits per heavy atom. The lowest BCUT2D eigenvalue weighted by Crippen LogP contribution is -2.14. The van der Waals surface area contributed by atoms with Crippen LogP contribution in [0.25, 0.3) is 27.4 Å². The first-order chi connectivity index (χ1) is 22.1. The second-order valence-corrected chi connectivity index (χ2v) is 11.8. The van der Waals surface area contributed by atoms with Gasteiger partial charge in [0.2, 0.25) is 0 Å². The number of aromatic nitrogens is 3. The third-order valence-corrected chi connectivity index (χ3v) is 8.25. The van der Waals surface area contributed by atoms with Gasteiger partial charge in [0, 0.05) is 17.0 Å². The van der Waals surface area contributed by atoms with Crippen LogP contribution in [0, 0.1) is 6.92 Å². The highest BCUT2D eigenvalue weighted by atomic mass is 32.2. The van der Waals surface area contributed by atoms with E-state index in [1.165, 1.54) is 12.1 Å². The first kappa shape index (κ1) is 30.7. The number of pyridine rings is 1. The van der Waals surface area contributed by atoms with Crippen LogP contribution in [0.15, 0.2) is 120 Å². The molecule has 0 fully saturated rings. The molecule has 17 heteroatoms. The fraction of sp³-hybridized carbons (Fsp3) is 0.0345. The molecule has 6 rings (SSSR count). The third kappa shape index (κ3) is 6.13. The number of rotatable bonds is 9. The quantitative estimate of drug-likeness (QED) is 0.0397. The lowest BCUT2D eigenvalue weighted by molar-refractivity contribution is -0.432. The highest BCUT2D eigenvalue weighted by molar-refractivity contribution is 7.94. The molecule has 4 aromatic carbocycles. The summed E-state index contributed by atoms with van der Waals surface area (Å²) >= 11 is 0.606. The summed E-state index contributed by atoms with van der Waals surface area (Å²) in [6, 6.07) is 20.6. The molecule has 0 saturated carbocycles. The lowest BCUT2D eigenvalue weighted by atomic mass is 10.1. The topological polar surface area (TPSA) is 213 Å². The van der Waals surface area contributed by atoms with Gasteiger partial charge in [0.25, 0.3) is 15.7 Å². The van der Waals surface area contributed by atoms with Crippen LogP contribution in [-0.4, -0.2) is 38.1 Å². The van der Waals surface area contributed by atoms with E-state index in [-0.39, 0.29) is 26.9 Å². The van der Waals surface area contributed by atoms with Crippen LogP contribution < -0.4 is 5.56 Å². The molecule has 46 heavy (non-hydrogen) atoms. The predicted octanol–water partition coefficient (Wildman–Crippen LogP) is 7.39. The van der Waals surface area contributed by atoms with Gasteiger partial charge in [-0.2, -0.15) is 13.5 Å². The van der Waals surface area contributed by atoms with Crippen LogP contribution >= 0.6 is 12.0 Å². The predicted molar refractivity (Wildman–Crippen MR) is 167 cm³/mol. The van der Waals surface area contributed by atoms with Crippen molar-refractivity contribution in [2.75, 3.05) is 0 Å². The van der Waals surface area contributed by atoms with Gasteiger partial charge in [0.1, 0.15) is 11.4 Å². The zero-order chi connectivity index (χ0) is 32.4. The van der Waals surface area contributed by atoms with E-state index in [0.717, 1.165) is 22.2 Å². The Morgan fingerprint density at radius 3 is 2.43 bits per heavy atom. The summed E-state index contributed by atoms with van der Waals surface area (Å²) in [7, 11) is -4.39. The van der Waals surface area contributed by atoms with E-state index in [4.69, 9.17) is 5.26 Å². The number of nitrogens with one attached hydrogen (secondary N) is 1. The molecule has 2 aromatic heterocycles. The van der Waals surface area contributed by atoms with Crippen molar-refractivity contribution < 1.29 is 32.7 Å². The average Bonchev–Trinajstić information content (AvgIpc) is 3.34. The maximum Gasteiger partial charge on any atom is 0.299 e. The van der Waals surface area contributed by atoms with Gasteiger partial charge in [-0.3, -0.25) is 19.4 Å². The highest BCUT2D eigenvalue weighted by Crippen LogP contribution is 2.45. The Balaban J connectivity index is 1.36. The number of azo groups is 2. The van der Waals surface area contributed by atoms with Crippen LogP contribution in [-0.2, 0) is 19.5 Å². The number of hydrogen-bond donors (Lipinski definition) is 4. The minimum absolute atomic E-state index is 0.00531. The van der Waals surface area contributed by atoms with E-state index in [9.17, 15) is 22.9 Å². The molecule has 0 radical (unpaired) electrons. The smallest absolute Gasteiger partial charge is 0.299 e. The van der Waals surface area contributed by atoms with Crippen LogP contribution in [0.1, 0.15) is 5.69 Å². The first-order valence-electron chi connectivity index (χ1n) is 13.2. The number of fused-ring (bicyclic) bond motifs is 2. The van der Waals surface area contributed by atoms with Crippen molar-refractivity contribution in [1.29, 1.82) is 0 Å². The molecule has 0 aliphatic heterocycles. The fourth-order valence-electron chi connectivity index (χ4n) is 4.59. The SMILES string of the molecule is Cc1[nH]n(-c2ccc(S(=O)(=O)O)cc2)c(=O)c1N=Nc1ccc2cc(SOOO)c(N=Nc3cccc4cccnc34)c(O)c2c1. The summed E-state index contributed by atoms with van der Waals surface area (Å²) in [6.07, 6.45) is 1.63. The normalized spacial score (nSPS) is 12.2. The van der Waals surface area contributed by atoms with Gasteiger partial charge >= 0.3 is 0 Å². The maximum atomic E-state index is 13.1. The van der Waals surface area contributed by atoms with Crippen molar-refractivity contribution in [3.05, 3.63) is 101 Å². The van der Waals surface area contributed by atoms with E-state index in [1.807, 2.05) is 12.1 Å². The number of aryl methyl sites for hydroxylation is 1. The molecule has 2 heterocycles. The highest BCUT2D eigenvalue weighted by Gasteiger charge is 2.17. The number of hydrogen-bond acceptors (Lipinski definition) is 13. The molecule has 0 saturated heterocycles. The Bertz CT molecular complexity index is 2330. The second kappa shape index (κ2) is 12.6. The van der Waals surface area contributed by atoms with Crippen molar-refractivity contribution in [3.8, 4) is 11.4 Å². The van der Waals surface area contributed by atoms with E-state index in [1.54, 1.807) is 55.6 Å². The fourth-order valence-corrected chi connectivity index (χ4v) is 5.56. The van der Waals surface area contributed by atoms with E-state index < -0.39 is 15.7 Å². The van der Waals surface area contributed by atoms with Crippen LogP contribution in [0.3, 0.4) is 0 Å². The van der Waals surface area contributed by atoms with Gasteiger partial charge in [0.15, 0.2) is 11.4 Å². The van der Waals surface area contributed by atoms with E-state index >= 15 is 0 Å². The Morgan fingerprint density at radius 1 is 0.913 bits per heavy atom. The number of H-pyrrole nitrogens is 1. The van der Waals surface area contributed by atoms with Gasteiger partial charge in [-0.15, -0.1) is 19.7 Å². The summed E-state index contributed by atoms with van der Waals surface area (Å²) in [5.74, 6) is -0.274. The Hall–Kier alpha value is -5.30. The molecule has 0 amide bonds. The number of benzene rings is 4. The molecule has 0 aliphatic rings. The van der Waals surface area contributed by atoms with Gasteiger partial charge in [-0.05, 0) is 66.9 Å². The van der Waals surface area contributed by atoms with Crippen LogP contribution in [0.2, 0.25) is 0 Å². The summed E-state index contributed by atoms with van der Waals surface area (Å²) < 4.78 is 37.7. The largest absolute Gasteiger partial charge is 0.505 e. The first-order valence-corrected chi connectivity index (χ1v) is 15.3. The molecule has 6 aromatic rings. The van der Waals surface area contributed by atoms with E-state index in [2.05, 4.69) is 39.9 Å². The summed E-state index contributed by atoms with van der Waals surface area (Å²) in [5.41, 5.74) is 1.51. The van der Waals surface area contributed by atoms with Crippen molar-refractivity contribution in [2.24, 2.45) is 20.5 Å². The zero-order valence-corrected chi connectivity index (χ0v) is 25.1. The molecular formula is C29H21N7O8S2. The van der Waals surface area contributed by atoms with Gasteiger partial charge < -0.3 is 5.11 Å². The third-order valence-electron chi connectivity index (χ3n) is 6.76. The molecule has 4 N–H and O–H groups in total. The standard InChI is InChI=1S/C29H21N7O8S2/c1-16-25(29(38)36(35-16)20-9-11-21(12-10-20)46(40,41)42)33-31-19-8-7-18-14-24(45-44-43-39)27(28(37)22(18)15-19)34-32-23-6-2-4-17-5-3-13-30-26(17)23/h2-15,35,37,39H,1H3,(H,40,41,42). The molecule has 232 valence electrons. The Kier molecular flexibility index (Phi) is 8.41. The lowest BCUT2D eigenvalue weighted by Gasteiger charge is -2.09. The number of phenols is 1. The average molecular weight is 660 g/mol. The number of aromatic amines is 1. The zero-order valence-electron chi connectivity index (χ0n) is 23.5.